The lowest BCUT2D eigenvalue weighted by Gasteiger charge is -2.31. The summed E-state index contributed by atoms with van der Waals surface area (Å²) in [6.07, 6.45) is 2.34. The Balaban J connectivity index is 2.53. The Bertz CT molecular complexity index is 381. The van der Waals surface area contributed by atoms with Crippen molar-refractivity contribution in [3.63, 3.8) is 0 Å². The first-order valence-corrected chi connectivity index (χ1v) is 4.53. The van der Waals surface area contributed by atoms with Gasteiger partial charge in [-0.25, -0.2) is 4.68 Å². The van der Waals surface area contributed by atoms with Crippen LogP contribution in [0.15, 0.2) is 6.20 Å². The lowest BCUT2D eigenvalue weighted by molar-refractivity contribution is 0.0984. The van der Waals surface area contributed by atoms with Gasteiger partial charge in [-0.2, -0.15) is 5.10 Å². The van der Waals surface area contributed by atoms with E-state index >= 15 is 0 Å². The molecule has 5 heteroatoms. The maximum Gasteiger partial charge on any atom is 0.255 e. The summed E-state index contributed by atoms with van der Waals surface area (Å²) in [5.74, 6) is -0.00213. The van der Waals surface area contributed by atoms with E-state index in [1.54, 1.807) is 4.68 Å². The highest BCUT2D eigenvalue weighted by Crippen LogP contribution is 2.32. The zero-order valence-electron chi connectivity index (χ0n) is 8.28. The standard InChI is InChI=1S/C9H13N3O2/c1-9(2)3-4-14-8-6(7(10)13)5-11-12(8)9/h5H,3-4H2,1-2H3,(H2,10,13). The van der Waals surface area contributed by atoms with E-state index in [1.807, 2.05) is 0 Å². The Hall–Kier alpha value is -1.52. The largest absolute Gasteiger partial charge is 0.477 e. The number of amides is 1. The molecule has 5 nitrogen and oxygen atoms in total. The van der Waals surface area contributed by atoms with Gasteiger partial charge in [0.15, 0.2) is 0 Å². The van der Waals surface area contributed by atoms with Crippen molar-refractivity contribution >= 4 is 5.91 Å². The van der Waals surface area contributed by atoms with Crippen molar-refractivity contribution in [1.29, 1.82) is 0 Å². The van der Waals surface area contributed by atoms with Crippen molar-refractivity contribution in [2.75, 3.05) is 6.61 Å². The smallest absolute Gasteiger partial charge is 0.255 e. The highest BCUT2D eigenvalue weighted by Gasteiger charge is 2.32. The summed E-state index contributed by atoms with van der Waals surface area (Å²) in [5, 5.41) is 4.12. The maximum atomic E-state index is 11.0. The first-order chi connectivity index (χ1) is 6.52. The van der Waals surface area contributed by atoms with Gasteiger partial charge in [-0.3, -0.25) is 4.79 Å². The molecule has 0 fully saturated rings. The fourth-order valence-electron chi connectivity index (χ4n) is 1.58. The number of ether oxygens (including phenoxy) is 1. The molecule has 14 heavy (non-hydrogen) atoms. The number of fused-ring (bicyclic) bond motifs is 1. The summed E-state index contributed by atoms with van der Waals surface area (Å²) < 4.78 is 7.11. The summed E-state index contributed by atoms with van der Waals surface area (Å²) in [7, 11) is 0. The molecule has 2 rings (SSSR count). The minimum Gasteiger partial charge on any atom is -0.477 e. The third-order valence-electron chi connectivity index (χ3n) is 2.52. The van der Waals surface area contributed by atoms with Crippen LogP contribution in [0.2, 0.25) is 0 Å². The number of nitrogens with zero attached hydrogens (tertiary/aromatic N) is 2. The SMILES string of the molecule is CC1(C)CCOc2c(C(N)=O)cnn21. The number of carbonyl (C=O) groups excluding carboxylic acids is 1. The molecule has 0 saturated carbocycles. The van der Waals surface area contributed by atoms with Crippen LogP contribution in [-0.4, -0.2) is 22.3 Å². The third kappa shape index (κ3) is 1.16. The van der Waals surface area contributed by atoms with Gasteiger partial charge in [0.2, 0.25) is 5.88 Å². The molecule has 1 aliphatic rings. The van der Waals surface area contributed by atoms with E-state index in [0.717, 1.165) is 6.42 Å². The lowest BCUT2D eigenvalue weighted by Crippen LogP contribution is -2.34. The predicted molar refractivity (Wildman–Crippen MR) is 50.2 cm³/mol. The number of nitrogens with two attached hydrogens (primary N) is 1. The van der Waals surface area contributed by atoms with Crippen LogP contribution in [0.3, 0.4) is 0 Å². The van der Waals surface area contributed by atoms with Gasteiger partial charge in [0.25, 0.3) is 5.91 Å². The number of hydrogen-bond acceptors (Lipinski definition) is 3. The van der Waals surface area contributed by atoms with Crippen LogP contribution >= 0.6 is 0 Å². The Labute approximate surface area is 81.8 Å². The van der Waals surface area contributed by atoms with Gasteiger partial charge in [-0.15, -0.1) is 0 Å². The first kappa shape index (κ1) is 9.05. The van der Waals surface area contributed by atoms with Crippen LogP contribution < -0.4 is 10.5 Å². The summed E-state index contributed by atoms with van der Waals surface area (Å²) in [4.78, 5) is 11.0. The van der Waals surface area contributed by atoms with Crippen LogP contribution in [0.5, 0.6) is 5.88 Å². The molecule has 0 atom stereocenters. The summed E-state index contributed by atoms with van der Waals surface area (Å²) in [5.41, 5.74) is 5.45. The highest BCUT2D eigenvalue weighted by molar-refractivity contribution is 5.94. The predicted octanol–water partition coefficient (Wildman–Crippen LogP) is 0.500. The van der Waals surface area contributed by atoms with Crippen LogP contribution in [0, 0.1) is 0 Å². The molecule has 2 N–H and O–H groups in total. The fraction of sp³-hybridized carbons (Fsp3) is 0.556. The number of hydrogen-bond donors (Lipinski definition) is 1. The monoisotopic (exact) mass is 195 g/mol. The van der Waals surface area contributed by atoms with Gasteiger partial charge < -0.3 is 10.5 Å². The molecule has 0 radical (unpaired) electrons. The normalized spacial score (nSPS) is 18.4. The lowest BCUT2D eigenvalue weighted by atomic mass is 10.0. The molecule has 0 spiro atoms. The quantitative estimate of drug-likeness (QED) is 0.709. The first-order valence-electron chi connectivity index (χ1n) is 4.53. The van der Waals surface area contributed by atoms with Gasteiger partial charge in [-0.1, -0.05) is 0 Å². The second-order valence-corrected chi connectivity index (χ2v) is 4.05. The number of rotatable bonds is 1. The number of primary amides is 1. The van der Waals surface area contributed by atoms with E-state index in [9.17, 15) is 4.79 Å². The molecular formula is C9H13N3O2. The van der Waals surface area contributed by atoms with E-state index in [0.29, 0.717) is 18.1 Å². The van der Waals surface area contributed by atoms with Crippen molar-refractivity contribution < 1.29 is 9.53 Å². The van der Waals surface area contributed by atoms with E-state index < -0.39 is 5.91 Å². The molecular weight excluding hydrogens is 182 g/mol. The average Bonchev–Trinajstić information content (AvgIpc) is 2.48. The van der Waals surface area contributed by atoms with Crippen molar-refractivity contribution in [1.82, 2.24) is 9.78 Å². The van der Waals surface area contributed by atoms with Crippen molar-refractivity contribution in [2.24, 2.45) is 5.73 Å². The molecule has 0 saturated heterocycles. The van der Waals surface area contributed by atoms with Crippen molar-refractivity contribution in [3.8, 4) is 5.88 Å². The van der Waals surface area contributed by atoms with Gasteiger partial charge >= 0.3 is 0 Å². The number of aromatic nitrogens is 2. The molecule has 1 aromatic heterocycles. The average molecular weight is 195 g/mol. The molecule has 1 amide bonds. The second-order valence-electron chi connectivity index (χ2n) is 4.05. The van der Waals surface area contributed by atoms with Crippen LogP contribution in [0.4, 0.5) is 0 Å². The topological polar surface area (TPSA) is 70.1 Å². The molecule has 2 heterocycles. The second kappa shape index (κ2) is 2.73. The van der Waals surface area contributed by atoms with Gasteiger partial charge in [0.05, 0.1) is 18.3 Å². The summed E-state index contributed by atoms with van der Waals surface area (Å²) in [6, 6.07) is 0. The zero-order valence-corrected chi connectivity index (χ0v) is 8.28. The van der Waals surface area contributed by atoms with Crippen molar-refractivity contribution in [3.05, 3.63) is 11.8 Å². The summed E-state index contributed by atoms with van der Waals surface area (Å²) in [6.45, 7) is 4.70. The highest BCUT2D eigenvalue weighted by atomic mass is 16.5. The van der Waals surface area contributed by atoms with E-state index in [4.69, 9.17) is 10.5 Å². The van der Waals surface area contributed by atoms with E-state index in [1.165, 1.54) is 6.20 Å². The maximum absolute atomic E-state index is 11.0. The minimum absolute atomic E-state index is 0.110. The van der Waals surface area contributed by atoms with E-state index in [2.05, 4.69) is 18.9 Å². The Morgan fingerprint density at radius 2 is 2.43 bits per heavy atom. The van der Waals surface area contributed by atoms with Crippen LogP contribution in [-0.2, 0) is 5.54 Å². The fourth-order valence-corrected chi connectivity index (χ4v) is 1.58. The van der Waals surface area contributed by atoms with Gasteiger partial charge in [0.1, 0.15) is 5.56 Å². The molecule has 0 unspecified atom stereocenters. The molecule has 0 aliphatic carbocycles. The van der Waals surface area contributed by atoms with Crippen LogP contribution in [0.25, 0.3) is 0 Å². The third-order valence-corrected chi connectivity index (χ3v) is 2.52. The van der Waals surface area contributed by atoms with Gasteiger partial charge in [0, 0.05) is 6.42 Å². The number of carbonyl (C=O) groups is 1. The summed E-state index contributed by atoms with van der Waals surface area (Å²) >= 11 is 0. The minimum atomic E-state index is -0.496. The Morgan fingerprint density at radius 1 is 1.71 bits per heavy atom. The molecule has 1 aromatic rings. The molecule has 0 bridgehead atoms. The zero-order chi connectivity index (χ0) is 10.3. The molecule has 76 valence electrons. The van der Waals surface area contributed by atoms with Gasteiger partial charge in [-0.05, 0) is 13.8 Å². The van der Waals surface area contributed by atoms with Crippen molar-refractivity contribution in [2.45, 2.75) is 25.8 Å². The molecule has 0 aromatic carbocycles. The Morgan fingerprint density at radius 3 is 3.07 bits per heavy atom. The molecule has 1 aliphatic heterocycles. The van der Waals surface area contributed by atoms with E-state index in [-0.39, 0.29) is 5.54 Å². The Kier molecular flexibility index (Phi) is 1.77. The van der Waals surface area contributed by atoms with Crippen LogP contribution in [0.1, 0.15) is 30.6 Å².